The number of rotatable bonds is 9. The molecule has 0 rings (SSSR count). The molecule has 0 aromatic rings. The van der Waals surface area contributed by atoms with Gasteiger partial charge in [0.25, 0.3) is 0 Å². The molecule has 8 N–H and O–H groups in total. The third-order valence-electron chi connectivity index (χ3n) is 3.32. The number of amides is 2. The van der Waals surface area contributed by atoms with Crippen LogP contribution in [-0.4, -0.2) is 86.5 Å². The van der Waals surface area contributed by atoms with Crippen molar-refractivity contribution in [1.82, 2.24) is 10.6 Å². The number of carboxylic acid groups (broad SMARTS) is 3. The highest BCUT2D eigenvalue weighted by Gasteiger charge is 2.24. The summed E-state index contributed by atoms with van der Waals surface area (Å²) in [4.78, 5) is 53.3. The number of nitrogens with two attached hydrogens (primary N) is 1. The van der Waals surface area contributed by atoms with Crippen LogP contribution in [0, 0.1) is 22.7 Å². The van der Waals surface area contributed by atoms with E-state index in [1.165, 1.54) is 0 Å². The van der Waals surface area contributed by atoms with E-state index in [4.69, 9.17) is 46.2 Å². The summed E-state index contributed by atoms with van der Waals surface area (Å²) in [6.45, 7) is 9.69. The monoisotopic (exact) mass is 549 g/mol. The maximum Gasteiger partial charge on any atom is 0.408 e. The first-order valence-corrected chi connectivity index (χ1v) is 11.0. The van der Waals surface area contributed by atoms with Crippen LogP contribution < -0.4 is 16.4 Å². The van der Waals surface area contributed by atoms with Crippen molar-refractivity contribution in [1.29, 1.82) is 10.5 Å². The standard InChI is InChI=1S/C9H14N2O4.C9H17NO5.C4H6N2O2/c1-9(2,3)15-8(14)11-6(4-5-10)7(12)13;1-9(2,3)15-8(14)10-6(4-5-11)7(12)13;5-2-1-3(6)4(7)8/h6H,4H2,1-3H3,(H,11,14)(H,12,13);6,11H,4-5H2,1-3H3,(H,10,14)(H,12,13);3H,1,6H2,(H,7,8)/t2*6-;3-/m000/s1/i5+1;;2+1. The average molecular weight is 550 g/mol. The molecule has 0 radical (unpaired) electrons. The minimum atomic E-state index is -1.26. The first-order valence-electron chi connectivity index (χ1n) is 11.0. The van der Waals surface area contributed by atoms with Gasteiger partial charge in [0, 0.05) is 13.0 Å². The number of nitriles is 2. The number of alkyl carbamates (subject to hydrolysis) is 2. The molecule has 16 nitrogen and oxygen atoms in total. The Bertz CT molecular complexity index is 867. The van der Waals surface area contributed by atoms with Crippen molar-refractivity contribution in [2.24, 2.45) is 5.73 Å². The highest BCUT2D eigenvalue weighted by molar-refractivity contribution is 5.80. The molecule has 0 spiro atoms. The van der Waals surface area contributed by atoms with Crippen molar-refractivity contribution < 1.29 is 53.9 Å². The minimum Gasteiger partial charge on any atom is -0.480 e. The zero-order valence-corrected chi connectivity index (χ0v) is 22.2. The molecule has 0 aliphatic carbocycles. The number of carboxylic acids is 3. The number of nitrogens with one attached hydrogen (secondary N) is 2. The number of carbonyl (C=O) groups excluding carboxylic acids is 2. The second-order valence-corrected chi connectivity index (χ2v) is 9.26. The first kappa shape index (κ1) is 38.4. The normalized spacial score (nSPS) is 12.6. The van der Waals surface area contributed by atoms with E-state index in [0.717, 1.165) is 0 Å². The molecule has 216 valence electrons. The van der Waals surface area contributed by atoms with Gasteiger partial charge in [0.05, 0.1) is 25.0 Å². The van der Waals surface area contributed by atoms with Crippen LogP contribution in [0.5, 0.6) is 0 Å². The topological polar surface area (TPSA) is 282 Å². The van der Waals surface area contributed by atoms with Gasteiger partial charge in [-0.15, -0.1) is 0 Å². The van der Waals surface area contributed by atoms with Crippen LogP contribution in [0.2, 0.25) is 0 Å². The fourth-order valence-corrected chi connectivity index (χ4v) is 1.76. The van der Waals surface area contributed by atoms with Gasteiger partial charge in [-0.05, 0) is 41.5 Å². The third kappa shape index (κ3) is 25.0. The highest BCUT2D eigenvalue weighted by Crippen LogP contribution is 2.08. The maximum atomic E-state index is 11.2. The quantitative estimate of drug-likeness (QED) is 0.193. The van der Waals surface area contributed by atoms with Crippen molar-refractivity contribution in [3.05, 3.63) is 0 Å². The van der Waals surface area contributed by atoms with Gasteiger partial charge in [-0.1, -0.05) is 0 Å². The molecule has 0 aromatic carbocycles. The number of carbonyl (C=O) groups is 5. The zero-order valence-electron chi connectivity index (χ0n) is 22.2. The van der Waals surface area contributed by atoms with Crippen LogP contribution in [0.4, 0.5) is 9.59 Å². The van der Waals surface area contributed by atoms with E-state index < -0.39 is 59.4 Å². The Morgan fingerprint density at radius 2 is 1.13 bits per heavy atom. The largest absolute Gasteiger partial charge is 0.480 e. The predicted octanol–water partition coefficient (Wildman–Crippen LogP) is 0.537. The van der Waals surface area contributed by atoms with E-state index in [2.05, 4.69) is 10.6 Å². The van der Waals surface area contributed by atoms with Gasteiger partial charge in [-0.2, -0.15) is 10.5 Å². The fourth-order valence-electron chi connectivity index (χ4n) is 1.76. The van der Waals surface area contributed by atoms with Crippen LogP contribution in [0.3, 0.4) is 0 Å². The molecule has 38 heavy (non-hydrogen) atoms. The lowest BCUT2D eigenvalue weighted by Crippen LogP contribution is -2.43. The summed E-state index contributed by atoms with van der Waals surface area (Å²) in [5.41, 5.74) is 3.54. The lowest BCUT2D eigenvalue weighted by molar-refractivity contribution is -0.140. The van der Waals surface area contributed by atoms with Gasteiger partial charge in [0.1, 0.15) is 29.3 Å². The van der Waals surface area contributed by atoms with Crippen LogP contribution >= 0.6 is 0 Å². The minimum absolute atomic E-state index is 0.0470. The van der Waals surface area contributed by atoms with E-state index in [1.54, 1.807) is 53.7 Å². The summed E-state index contributed by atoms with van der Waals surface area (Å²) in [6.07, 6.45) is -2.12. The Labute approximate surface area is 220 Å². The summed E-state index contributed by atoms with van der Waals surface area (Å²) >= 11 is 0. The number of aliphatic carboxylic acids is 3. The molecule has 0 aliphatic rings. The molecule has 0 aliphatic heterocycles. The Morgan fingerprint density at radius 3 is 1.37 bits per heavy atom. The molecule has 0 saturated heterocycles. The van der Waals surface area contributed by atoms with Crippen LogP contribution in [0.25, 0.3) is 0 Å². The average Bonchev–Trinajstić information content (AvgIpc) is 2.71. The smallest absolute Gasteiger partial charge is 0.408 e. The third-order valence-corrected chi connectivity index (χ3v) is 3.32. The summed E-state index contributed by atoms with van der Waals surface area (Å²) in [6, 6.07) is -0.0707. The van der Waals surface area contributed by atoms with Crippen LogP contribution in [0.1, 0.15) is 60.8 Å². The van der Waals surface area contributed by atoms with E-state index in [1.807, 2.05) is 0 Å². The van der Waals surface area contributed by atoms with Crippen LogP contribution in [0.15, 0.2) is 0 Å². The van der Waals surface area contributed by atoms with Crippen LogP contribution in [-0.2, 0) is 23.9 Å². The maximum absolute atomic E-state index is 11.2. The summed E-state index contributed by atoms with van der Waals surface area (Å²) < 4.78 is 9.71. The molecule has 0 aromatic heterocycles. The fraction of sp³-hybridized carbons (Fsp3) is 0.682. The van der Waals surface area contributed by atoms with E-state index >= 15 is 0 Å². The van der Waals surface area contributed by atoms with Crippen molar-refractivity contribution in [3.8, 4) is 12.1 Å². The van der Waals surface area contributed by atoms with Gasteiger partial charge in [-0.3, -0.25) is 4.79 Å². The van der Waals surface area contributed by atoms with Gasteiger partial charge in [-0.25, -0.2) is 19.2 Å². The summed E-state index contributed by atoms with van der Waals surface area (Å²) in [7, 11) is 0. The molecular formula is C22H37N5O11. The van der Waals surface area contributed by atoms with Crippen molar-refractivity contribution >= 4 is 30.1 Å². The Kier molecular flexibility index (Phi) is 19.2. The number of aliphatic hydroxyl groups excluding tert-OH is 1. The molecule has 0 fully saturated rings. The van der Waals surface area contributed by atoms with Crippen molar-refractivity contribution in [3.63, 3.8) is 0 Å². The van der Waals surface area contributed by atoms with Gasteiger partial charge in [0.15, 0.2) is 0 Å². The Hall–Kier alpha value is -4.15. The second-order valence-electron chi connectivity index (χ2n) is 9.26. The molecule has 16 heteroatoms. The molecule has 3 atom stereocenters. The SMILES string of the molecule is CC(C)(C)OC(=O)N[C@@H](CCO)C(=O)O.CC(C)(C)OC(=O)N[C@@H](C[13C]#N)C(=O)O.N#[13C]C[C@H](N)C(=O)O. The number of aliphatic hydroxyl groups is 1. The Balaban J connectivity index is -0.000000508. The Morgan fingerprint density at radius 1 is 0.763 bits per heavy atom. The van der Waals surface area contributed by atoms with E-state index in [-0.39, 0.29) is 25.9 Å². The molecule has 0 bridgehead atoms. The van der Waals surface area contributed by atoms with Gasteiger partial charge >= 0.3 is 30.1 Å². The lowest BCUT2D eigenvalue weighted by Gasteiger charge is -2.21. The van der Waals surface area contributed by atoms with E-state index in [0.29, 0.717) is 0 Å². The molecule has 0 unspecified atom stereocenters. The second kappa shape index (κ2) is 19.0. The molecular weight excluding hydrogens is 512 g/mol. The summed E-state index contributed by atoms with van der Waals surface area (Å²) in [5.74, 6) is -3.59. The molecule has 0 heterocycles. The number of hydrogen-bond acceptors (Lipinski definition) is 11. The number of ether oxygens (including phenoxy) is 2. The van der Waals surface area contributed by atoms with Crippen molar-refractivity contribution in [2.45, 2.75) is 90.1 Å². The van der Waals surface area contributed by atoms with Gasteiger partial charge < -0.3 is 46.3 Å². The van der Waals surface area contributed by atoms with Crippen molar-refractivity contribution in [2.75, 3.05) is 6.61 Å². The zero-order chi connectivity index (χ0) is 30.7. The first-order chi connectivity index (χ1) is 17.2. The predicted molar refractivity (Wildman–Crippen MR) is 129 cm³/mol. The number of nitrogens with zero attached hydrogens (tertiary/aromatic N) is 2. The van der Waals surface area contributed by atoms with Gasteiger partial charge in [0.2, 0.25) is 0 Å². The lowest BCUT2D eigenvalue weighted by atomic mass is 10.2. The molecule has 0 saturated carbocycles. The number of hydrogen-bond donors (Lipinski definition) is 7. The highest BCUT2D eigenvalue weighted by atomic mass is 16.6. The van der Waals surface area contributed by atoms with E-state index in [9.17, 15) is 24.0 Å². The summed E-state index contributed by atoms with van der Waals surface area (Å²) in [5, 5.41) is 54.4. The molecule has 2 amide bonds.